The van der Waals surface area contributed by atoms with Crippen molar-refractivity contribution in [3.8, 4) is 39.1 Å². The van der Waals surface area contributed by atoms with E-state index in [4.69, 9.17) is 0 Å². The van der Waals surface area contributed by atoms with Crippen molar-refractivity contribution in [2.45, 2.75) is 0 Å². The predicted octanol–water partition coefficient (Wildman–Crippen LogP) is 15.2. The SMILES string of the molecule is c1ccc2c(c#1)ccc1cc(N(c3ccc(-c4ccc(-c5ccccc5)cc4)cc3)c3cccc(-c4cccc5c4c4ccccc4n5-c4ccccc4)c3)ccc12. The van der Waals surface area contributed by atoms with Crippen LogP contribution in [0.25, 0.3) is 82.4 Å². The first-order valence-corrected chi connectivity index (χ1v) is 19.8. The van der Waals surface area contributed by atoms with Crippen molar-refractivity contribution in [2.24, 2.45) is 0 Å². The van der Waals surface area contributed by atoms with Gasteiger partial charge in [-0.25, -0.2) is 0 Å². The molecule has 10 aromatic carbocycles. The van der Waals surface area contributed by atoms with Crippen molar-refractivity contribution in [3.63, 3.8) is 0 Å². The normalized spacial score (nSPS) is 11.3. The first kappa shape index (κ1) is 33.5. The molecule has 0 bridgehead atoms. The van der Waals surface area contributed by atoms with Crippen LogP contribution in [0, 0.1) is 12.1 Å². The van der Waals surface area contributed by atoms with Crippen LogP contribution in [0.1, 0.15) is 0 Å². The maximum Gasteiger partial charge on any atom is 0.0547 e. The van der Waals surface area contributed by atoms with E-state index in [1.807, 2.05) is 6.07 Å². The molecular formula is C56H36N2. The lowest BCUT2D eigenvalue weighted by Crippen LogP contribution is -2.10. The molecule has 1 aromatic heterocycles. The van der Waals surface area contributed by atoms with Gasteiger partial charge in [0.15, 0.2) is 0 Å². The van der Waals surface area contributed by atoms with Crippen LogP contribution in [-0.4, -0.2) is 4.57 Å². The molecule has 0 amide bonds. The lowest BCUT2D eigenvalue weighted by atomic mass is 9.98. The Labute approximate surface area is 338 Å². The van der Waals surface area contributed by atoms with Crippen LogP contribution in [-0.2, 0) is 0 Å². The number of para-hydroxylation sites is 2. The van der Waals surface area contributed by atoms with E-state index in [0.29, 0.717) is 0 Å². The molecule has 2 nitrogen and oxygen atoms in total. The Morgan fingerprint density at radius 3 is 1.79 bits per heavy atom. The van der Waals surface area contributed by atoms with Crippen molar-refractivity contribution >= 4 is 60.4 Å². The molecule has 0 spiro atoms. The summed E-state index contributed by atoms with van der Waals surface area (Å²) >= 11 is 0. The van der Waals surface area contributed by atoms with E-state index in [9.17, 15) is 0 Å². The highest BCUT2D eigenvalue weighted by molar-refractivity contribution is 6.16. The Kier molecular flexibility index (Phi) is 8.09. The summed E-state index contributed by atoms with van der Waals surface area (Å²) in [5.41, 5.74) is 14.0. The molecule has 58 heavy (non-hydrogen) atoms. The molecule has 2 heteroatoms. The lowest BCUT2D eigenvalue weighted by molar-refractivity contribution is 1.18. The highest BCUT2D eigenvalue weighted by atomic mass is 15.1. The molecule has 0 atom stereocenters. The molecule has 1 heterocycles. The fourth-order valence-electron chi connectivity index (χ4n) is 8.68. The third-order valence-corrected chi connectivity index (χ3v) is 11.4. The first-order chi connectivity index (χ1) is 28.8. The molecule has 270 valence electrons. The highest BCUT2D eigenvalue weighted by Crippen LogP contribution is 2.42. The average molecular weight is 737 g/mol. The Bertz CT molecular complexity index is 3250. The Morgan fingerprint density at radius 2 is 1.00 bits per heavy atom. The molecule has 0 aliphatic rings. The van der Waals surface area contributed by atoms with Crippen molar-refractivity contribution in [2.75, 3.05) is 4.90 Å². The second-order valence-electron chi connectivity index (χ2n) is 14.8. The number of hydrogen-bond donors (Lipinski definition) is 0. The van der Waals surface area contributed by atoms with E-state index < -0.39 is 0 Å². The molecule has 11 rings (SSSR count). The van der Waals surface area contributed by atoms with E-state index >= 15 is 0 Å². The van der Waals surface area contributed by atoms with Gasteiger partial charge in [0.2, 0.25) is 0 Å². The van der Waals surface area contributed by atoms with Gasteiger partial charge >= 0.3 is 0 Å². The Morgan fingerprint density at radius 1 is 0.379 bits per heavy atom. The molecule has 11 aromatic rings. The monoisotopic (exact) mass is 736 g/mol. The van der Waals surface area contributed by atoms with Crippen LogP contribution < -0.4 is 4.90 Å². The van der Waals surface area contributed by atoms with Gasteiger partial charge in [-0.3, -0.25) is 0 Å². The zero-order chi connectivity index (χ0) is 38.4. The van der Waals surface area contributed by atoms with Crippen molar-refractivity contribution in [1.82, 2.24) is 4.57 Å². The van der Waals surface area contributed by atoms with Crippen LogP contribution in [0.5, 0.6) is 0 Å². The number of rotatable bonds is 7. The van der Waals surface area contributed by atoms with E-state index in [1.165, 1.54) is 65.8 Å². The maximum absolute atomic E-state index is 3.28. The maximum atomic E-state index is 3.28. The summed E-state index contributed by atoms with van der Waals surface area (Å²) in [4.78, 5) is 2.38. The van der Waals surface area contributed by atoms with Gasteiger partial charge in [-0.05, 0) is 128 Å². The van der Waals surface area contributed by atoms with Crippen LogP contribution in [0.15, 0.2) is 218 Å². The molecule has 0 fully saturated rings. The van der Waals surface area contributed by atoms with Crippen LogP contribution in [0.4, 0.5) is 17.1 Å². The van der Waals surface area contributed by atoms with Crippen LogP contribution in [0.3, 0.4) is 0 Å². The number of fused-ring (bicyclic) bond motifs is 6. The molecule has 0 saturated carbocycles. The van der Waals surface area contributed by atoms with Gasteiger partial charge in [0.25, 0.3) is 0 Å². The minimum atomic E-state index is 1.07. The molecule has 0 aliphatic carbocycles. The molecule has 0 radical (unpaired) electrons. The van der Waals surface area contributed by atoms with Crippen LogP contribution >= 0.6 is 0 Å². The summed E-state index contributed by atoms with van der Waals surface area (Å²) in [6, 6.07) is 85.1. The number of anilines is 3. The van der Waals surface area contributed by atoms with Gasteiger partial charge in [0, 0.05) is 38.9 Å². The van der Waals surface area contributed by atoms with Gasteiger partial charge in [0.1, 0.15) is 0 Å². The van der Waals surface area contributed by atoms with Gasteiger partial charge in [0.05, 0.1) is 11.0 Å². The van der Waals surface area contributed by atoms with E-state index in [2.05, 4.69) is 234 Å². The highest BCUT2D eigenvalue weighted by Gasteiger charge is 2.19. The standard InChI is InChI=1S/C56H36N2/c1-3-13-39(14-4-1)40-25-27-41(28-26-40)42-31-33-47(34-32-42)57(49-35-36-51-45(38-49)30-29-43-15-7-8-20-50(43)51)48-19-11-16-44(37-48)52-22-12-24-55-56(52)53-21-9-10-23-54(53)58(55)46-17-5-2-6-18-46/h1-6,8-14,16-38H. The van der Waals surface area contributed by atoms with Gasteiger partial charge in [-0.1, -0.05) is 152 Å². The molecule has 0 saturated heterocycles. The molecular weight excluding hydrogens is 701 g/mol. The van der Waals surface area contributed by atoms with Gasteiger partial charge < -0.3 is 9.47 Å². The van der Waals surface area contributed by atoms with E-state index in [-0.39, 0.29) is 0 Å². The van der Waals surface area contributed by atoms with Crippen molar-refractivity contribution < 1.29 is 0 Å². The number of nitrogens with zero attached hydrogens (tertiary/aromatic N) is 2. The number of benzene rings is 9. The number of aromatic nitrogens is 1. The van der Waals surface area contributed by atoms with Crippen LogP contribution in [0.2, 0.25) is 0 Å². The molecule has 0 unspecified atom stereocenters. The Balaban J connectivity index is 1.05. The largest absolute Gasteiger partial charge is 0.310 e. The van der Waals surface area contributed by atoms with Gasteiger partial charge in [-0.15, -0.1) is 0 Å². The summed E-state index contributed by atoms with van der Waals surface area (Å²) in [5.74, 6) is 0. The minimum Gasteiger partial charge on any atom is -0.310 e. The fraction of sp³-hybridized carbons (Fsp3) is 0. The van der Waals surface area contributed by atoms with E-state index in [0.717, 1.165) is 33.7 Å². The van der Waals surface area contributed by atoms with Crippen molar-refractivity contribution in [1.29, 1.82) is 0 Å². The van der Waals surface area contributed by atoms with Crippen molar-refractivity contribution in [3.05, 3.63) is 231 Å². The smallest absolute Gasteiger partial charge is 0.0547 e. The molecule has 0 aliphatic heterocycles. The Hall–Kier alpha value is -7.86. The second-order valence-corrected chi connectivity index (χ2v) is 14.8. The van der Waals surface area contributed by atoms with Gasteiger partial charge in [-0.2, -0.15) is 0 Å². The lowest BCUT2D eigenvalue weighted by Gasteiger charge is -2.27. The summed E-state index contributed by atoms with van der Waals surface area (Å²) in [7, 11) is 0. The molecule has 0 N–H and O–H groups in total. The topological polar surface area (TPSA) is 8.17 Å². The van der Waals surface area contributed by atoms with E-state index in [1.54, 1.807) is 0 Å². The third-order valence-electron chi connectivity index (χ3n) is 11.4. The zero-order valence-corrected chi connectivity index (χ0v) is 31.7. The first-order valence-electron chi connectivity index (χ1n) is 19.8. The second kappa shape index (κ2) is 14.0. The summed E-state index contributed by atoms with van der Waals surface area (Å²) in [6.45, 7) is 0. The summed E-state index contributed by atoms with van der Waals surface area (Å²) in [5, 5.41) is 7.13. The third kappa shape index (κ3) is 5.77. The summed E-state index contributed by atoms with van der Waals surface area (Å²) < 4.78 is 2.38. The number of hydrogen-bond acceptors (Lipinski definition) is 1. The fourth-order valence-corrected chi connectivity index (χ4v) is 8.68. The predicted molar refractivity (Wildman–Crippen MR) is 244 cm³/mol. The summed E-state index contributed by atoms with van der Waals surface area (Å²) in [6.07, 6.45) is 0. The average Bonchev–Trinajstić information content (AvgIpc) is 3.65. The zero-order valence-electron chi connectivity index (χ0n) is 31.7. The minimum absolute atomic E-state index is 1.07. The quantitative estimate of drug-likeness (QED) is 0.158.